The fourth-order valence-corrected chi connectivity index (χ4v) is 2.83. The number of halogens is 3. The number of carbonyl (C=O) groups excluding carboxylic acids is 1. The van der Waals surface area contributed by atoms with Gasteiger partial charge in [-0.3, -0.25) is 9.89 Å². The minimum atomic E-state index is -4.20. The lowest BCUT2D eigenvalue weighted by Crippen LogP contribution is -2.32. The van der Waals surface area contributed by atoms with Gasteiger partial charge in [0, 0.05) is 17.7 Å². The standard InChI is InChI=1S/C9H12ClF2N3O3S/c1-3-5-8(19(10,17)18)7(14-13-5)9(16)15(2)4-6(11)12/h6H,3-4H2,1-2H3,(H,13,14). The molecule has 1 aromatic rings. The molecule has 0 bridgehead atoms. The van der Waals surface area contributed by atoms with Crippen LogP contribution in [-0.4, -0.2) is 49.4 Å². The molecule has 1 heterocycles. The minimum Gasteiger partial charge on any atom is -0.335 e. The summed E-state index contributed by atoms with van der Waals surface area (Å²) in [7, 11) is 2.16. The van der Waals surface area contributed by atoms with E-state index in [1.54, 1.807) is 6.92 Å². The van der Waals surface area contributed by atoms with E-state index in [0.717, 1.165) is 7.05 Å². The molecule has 108 valence electrons. The SMILES string of the molecule is CCc1[nH]nc(C(=O)N(C)CC(F)F)c1S(=O)(=O)Cl. The molecular formula is C9H12ClF2N3O3S. The maximum absolute atomic E-state index is 12.2. The molecule has 0 aliphatic heterocycles. The quantitative estimate of drug-likeness (QED) is 0.829. The maximum Gasteiger partial charge on any atom is 0.275 e. The van der Waals surface area contributed by atoms with Crippen LogP contribution >= 0.6 is 10.7 Å². The third-order valence-corrected chi connectivity index (χ3v) is 3.74. The van der Waals surface area contributed by atoms with Gasteiger partial charge >= 0.3 is 0 Å². The molecule has 0 aliphatic rings. The van der Waals surface area contributed by atoms with Crippen LogP contribution in [0.25, 0.3) is 0 Å². The van der Waals surface area contributed by atoms with Crippen LogP contribution < -0.4 is 0 Å². The summed E-state index contributed by atoms with van der Waals surface area (Å²) in [5, 5.41) is 5.93. The number of alkyl halides is 2. The highest BCUT2D eigenvalue weighted by Gasteiger charge is 2.30. The van der Waals surface area contributed by atoms with Crippen molar-refractivity contribution >= 4 is 25.6 Å². The number of hydrogen-bond donors (Lipinski definition) is 1. The van der Waals surface area contributed by atoms with Gasteiger partial charge in [0.15, 0.2) is 5.69 Å². The first-order valence-electron chi connectivity index (χ1n) is 5.24. The lowest BCUT2D eigenvalue weighted by Gasteiger charge is -2.15. The first-order chi connectivity index (χ1) is 8.68. The van der Waals surface area contributed by atoms with Crippen LogP contribution in [-0.2, 0) is 15.5 Å². The Balaban J connectivity index is 3.22. The van der Waals surface area contributed by atoms with Crippen molar-refractivity contribution in [2.45, 2.75) is 24.7 Å². The zero-order chi connectivity index (χ0) is 14.8. The molecule has 1 aromatic heterocycles. The van der Waals surface area contributed by atoms with Crippen molar-refractivity contribution in [3.8, 4) is 0 Å². The summed E-state index contributed by atoms with van der Waals surface area (Å²) < 4.78 is 47.3. The molecule has 0 atom stereocenters. The largest absolute Gasteiger partial charge is 0.335 e. The molecule has 0 unspecified atom stereocenters. The molecule has 10 heteroatoms. The van der Waals surface area contributed by atoms with E-state index in [9.17, 15) is 22.0 Å². The highest BCUT2D eigenvalue weighted by Crippen LogP contribution is 2.24. The van der Waals surface area contributed by atoms with Crippen molar-refractivity contribution in [1.82, 2.24) is 15.1 Å². The lowest BCUT2D eigenvalue weighted by molar-refractivity contribution is 0.0612. The second kappa shape index (κ2) is 5.83. The van der Waals surface area contributed by atoms with Crippen LogP contribution in [0.2, 0.25) is 0 Å². The highest BCUT2D eigenvalue weighted by molar-refractivity contribution is 8.13. The van der Waals surface area contributed by atoms with Gasteiger partial charge in [-0.15, -0.1) is 0 Å². The first kappa shape index (κ1) is 15.8. The van der Waals surface area contributed by atoms with Crippen LogP contribution in [0.3, 0.4) is 0 Å². The second-order valence-electron chi connectivity index (χ2n) is 3.75. The average Bonchev–Trinajstić information content (AvgIpc) is 2.70. The van der Waals surface area contributed by atoms with Gasteiger partial charge in [-0.2, -0.15) is 5.10 Å². The molecule has 1 amide bonds. The monoisotopic (exact) mass is 315 g/mol. The number of aryl methyl sites for hydroxylation is 1. The zero-order valence-electron chi connectivity index (χ0n) is 10.2. The average molecular weight is 316 g/mol. The summed E-state index contributed by atoms with van der Waals surface area (Å²) in [6.45, 7) is 0.811. The number of nitrogens with zero attached hydrogens (tertiary/aromatic N) is 2. The molecule has 0 saturated carbocycles. The predicted molar refractivity (Wildman–Crippen MR) is 64.0 cm³/mol. The second-order valence-corrected chi connectivity index (χ2v) is 6.25. The molecule has 6 nitrogen and oxygen atoms in total. The normalized spacial score (nSPS) is 11.9. The van der Waals surface area contributed by atoms with Gasteiger partial charge in [-0.25, -0.2) is 17.2 Å². The third-order valence-electron chi connectivity index (χ3n) is 2.35. The summed E-state index contributed by atoms with van der Waals surface area (Å²) >= 11 is 0. The number of hydrogen-bond acceptors (Lipinski definition) is 4. The van der Waals surface area contributed by atoms with Crippen molar-refractivity contribution in [3.63, 3.8) is 0 Å². The number of nitrogens with one attached hydrogen (secondary N) is 1. The Hall–Kier alpha value is -1.22. The summed E-state index contributed by atoms with van der Waals surface area (Å²) in [6.07, 6.45) is -2.48. The van der Waals surface area contributed by atoms with Crippen LogP contribution in [0.5, 0.6) is 0 Å². The van der Waals surface area contributed by atoms with Crippen LogP contribution in [0.15, 0.2) is 4.90 Å². The molecule has 0 aromatic carbocycles. The molecular weight excluding hydrogens is 304 g/mol. The molecule has 1 rings (SSSR count). The van der Waals surface area contributed by atoms with E-state index in [1.165, 1.54) is 0 Å². The van der Waals surface area contributed by atoms with E-state index < -0.39 is 38.5 Å². The Morgan fingerprint density at radius 1 is 1.53 bits per heavy atom. The van der Waals surface area contributed by atoms with Crippen LogP contribution in [0, 0.1) is 0 Å². The van der Waals surface area contributed by atoms with Crippen molar-refractivity contribution in [2.24, 2.45) is 0 Å². The van der Waals surface area contributed by atoms with Crippen molar-refractivity contribution in [2.75, 3.05) is 13.6 Å². The van der Waals surface area contributed by atoms with E-state index >= 15 is 0 Å². The van der Waals surface area contributed by atoms with E-state index in [-0.39, 0.29) is 12.1 Å². The topological polar surface area (TPSA) is 83.1 Å². The van der Waals surface area contributed by atoms with Gasteiger partial charge in [0.1, 0.15) is 4.90 Å². The van der Waals surface area contributed by atoms with Gasteiger partial charge in [-0.1, -0.05) is 6.92 Å². The Bertz CT molecular complexity index is 573. The maximum atomic E-state index is 12.2. The summed E-state index contributed by atoms with van der Waals surface area (Å²) in [5.41, 5.74) is -0.321. The molecule has 0 aliphatic carbocycles. The fourth-order valence-electron chi connectivity index (χ4n) is 1.49. The van der Waals surface area contributed by atoms with Crippen LogP contribution in [0.1, 0.15) is 23.1 Å². The summed E-state index contributed by atoms with van der Waals surface area (Å²) in [6, 6.07) is 0. The number of aromatic amines is 1. The fraction of sp³-hybridized carbons (Fsp3) is 0.556. The van der Waals surface area contributed by atoms with Crippen molar-refractivity contribution in [1.29, 1.82) is 0 Å². The first-order valence-corrected chi connectivity index (χ1v) is 7.54. The lowest BCUT2D eigenvalue weighted by atomic mass is 10.3. The Kier molecular flexibility index (Phi) is 4.86. The van der Waals surface area contributed by atoms with Gasteiger partial charge in [-0.05, 0) is 6.42 Å². The predicted octanol–water partition coefficient (Wildman–Crippen LogP) is 1.24. The third kappa shape index (κ3) is 3.63. The van der Waals surface area contributed by atoms with Gasteiger partial charge in [0.2, 0.25) is 0 Å². The number of H-pyrrole nitrogens is 1. The Morgan fingerprint density at radius 3 is 2.53 bits per heavy atom. The number of amides is 1. The molecule has 0 radical (unpaired) electrons. The van der Waals surface area contributed by atoms with Gasteiger partial charge in [0.25, 0.3) is 21.4 Å². The number of aromatic nitrogens is 2. The zero-order valence-corrected chi connectivity index (χ0v) is 11.7. The van der Waals surface area contributed by atoms with E-state index in [1.807, 2.05) is 0 Å². The number of carbonyl (C=O) groups is 1. The summed E-state index contributed by atoms with van der Waals surface area (Å²) in [4.78, 5) is 12.1. The van der Waals surface area contributed by atoms with E-state index in [2.05, 4.69) is 10.2 Å². The van der Waals surface area contributed by atoms with Crippen LogP contribution in [0.4, 0.5) is 8.78 Å². The molecule has 19 heavy (non-hydrogen) atoms. The van der Waals surface area contributed by atoms with Gasteiger partial charge < -0.3 is 4.90 Å². The Morgan fingerprint density at radius 2 is 2.11 bits per heavy atom. The highest BCUT2D eigenvalue weighted by atomic mass is 35.7. The van der Waals surface area contributed by atoms with E-state index in [0.29, 0.717) is 4.90 Å². The molecule has 0 fully saturated rings. The minimum absolute atomic E-state index is 0.156. The van der Waals surface area contributed by atoms with Crippen molar-refractivity contribution in [3.05, 3.63) is 11.4 Å². The van der Waals surface area contributed by atoms with Gasteiger partial charge in [0.05, 0.1) is 12.2 Å². The van der Waals surface area contributed by atoms with E-state index in [4.69, 9.17) is 10.7 Å². The smallest absolute Gasteiger partial charge is 0.275 e. The molecule has 0 spiro atoms. The number of rotatable bonds is 5. The molecule has 0 saturated heterocycles. The summed E-state index contributed by atoms with van der Waals surface area (Å²) in [5.74, 6) is -0.935. The molecule has 1 N–H and O–H groups in total. The Labute approximate surface area is 113 Å². The van der Waals surface area contributed by atoms with Crippen molar-refractivity contribution < 1.29 is 22.0 Å².